The fraction of sp³-hybridized carbons (Fsp3) is 0.438. The van der Waals surface area contributed by atoms with Gasteiger partial charge >= 0.3 is 6.03 Å². The maximum Gasteiger partial charge on any atom is 0.324 e. The Morgan fingerprint density at radius 2 is 1.87 bits per heavy atom. The van der Waals surface area contributed by atoms with Crippen LogP contribution in [0.2, 0.25) is 0 Å². The number of urea groups is 1. The SMILES string of the molecule is CCCOc1ccc(C2C([N+](=O)[O-])=C(C)N(C)C(=O)N2C)cc1. The number of benzene rings is 1. The minimum absolute atomic E-state index is 0.0110. The van der Waals surface area contributed by atoms with E-state index in [0.717, 1.165) is 6.42 Å². The van der Waals surface area contributed by atoms with Crippen LogP contribution in [0.1, 0.15) is 31.9 Å². The normalized spacial score (nSPS) is 18.4. The number of ether oxygens (including phenoxy) is 1. The Morgan fingerprint density at radius 1 is 1.26 bits per heavy atom. The Hall–Kier alpha value is -2.57. The fourth-order valence-corrected chi connectivity index (χ4v) is 2.62. The van der Waals surface area contributed by atoms with Crippen molar-refractivity contribution < 1.29 is 14.5 Å². The van der Waals surface area contributed by atoms with Crippen LogP contribution in [-0.2, 0) is 0 Å². The van der Waals surface area contributed by atoms with E-state index in [1.807, 2.05) is 6.92 Å². The Bertz CT molecular complexity index is 639. The van der Waals surface area contributed by atoms with Gasteiger partial charge in [-0.3, -0.25) is 15.0 Å². The Labute approximate surface area is 135 Å². The molecule has 0 radical (unpaired) electrons. The first-order chi connectivity index (χ1) is 10.9. The molecule has 7 heteroatoms. The van der Waals surface area contributed by atoms with Crippen molar-refractivity contribution in [3.05, 3.63) is 51.3 Å². The van der Waals surface area contributed by atoms with Crippen molar-refractivity contribution in [3.63, 3.8) is 0 Å². The zero-order chi connectivity index (χ0) is 17.1. The molecule has 1 aliphatic heterocycles. The third kappa shape index (κ3) is 3.13. The summed E-state index contributed by atoms with van der Waals surface area (Å²) >= 11 is 0. The molecule has 1 aromatic carbocycles. The Morgan fingerprint density at radius 3 is 2.39 bits per heavy atom. The average Bonchev–Trinajstić information content (AvgIpc) is 2.54. The van der Waals surface area contributed by atoms with Crippen LogP contribution in [0, 0.1) is 10.1 Å². The van der Waals surface area contributed by atoms with Crippen molar-refractivity contribution >= 4 is 6.03 Å². The summed E-state index contributed by atoms with van der Waals surface area (Å²) in [6.07, 6.45) is 0.904. The first kappa shape index (κ1) is 16.8. The molecular weight excluding hydrogens is 298 g/mol. The molecule has 1 aliphatic rings. The van der Waals surface area contributed by atoms with E-state index in [0.29, 0.717) is 23.6 Å². The number of nitro groups is 1. The van der Waals surface area contributed by atoms with Crippen molar-refractivity contribution in [1.29, 1.82) is 0 Å². The standard InChI is InChI=1S/C16H21N3O4/c1-5-10-23-13-8-6-12(7-9-13)15-14(19(21)22)11(2)17(3)16(20)18(15)4/h6-9,15H,5,10H2,1-4H3. The fourth-order valence-electron chi connectivity index (χ4n) is 2.62. The van der Waals surface area contributed by atoms with Crippen LogP contribution >= 0.6 is 0 Å². The molecule has 0 saturated carbocycles. The van der Waals surface area contributed by atoms with Crippen LogP contribution in [0.5, 0.6) is 5.75 Å². The molecule has 0 N–H and O–H groups in total. The molecule has 23 heavy (non-hydrogen) atoms. The number of likely N-dealkylation sites (N-methyl/N-ethyl adjacent to an activating group) is 1. The van der Waals surface area contributed by atoms with E-state index in [1.165, 1.54) is 16.8 Å². The minimum atomic E-state index is -0.714. The van der Waals surface area contributed by atoms with E-state index in [-0.39, 0.29) is 11.7 Å². The second-order valence-corrected chi connectivity index (χ2v) is 5.50. The highest BCUT2D eigenvalue weighted by Gasteiger charge is 2.42. The highest BCUT2D eigenvalue weighted by molar-refractivity contribution is 5.78. The molecule has 0 aliphatic carbocycles. The minimum Gasteiger partial charge on any atom is -0.494 e. The van der Waals surface area contributed by atoms with Crippen LogP contribution in [0.3, 0.4) is 0 Å². The van der Waals surface area contributed by atoms with Crippen molar-refractivity contribution in [3.8, 4) is 5.75 Å². The van der Waals surface area contributed by atoms with Gasteiger partial charge in [-0.1, -0.05) is 19.1 Å². The third-order valence-corrected chi connectivity index (χ3v) is 3.97. The number of hydrogen-bond acceptors (Lipinski definition) is 4. The van der Waals surface area contributed by atoms with Gasteiger partial charge in [-0.25, -0.2) is 4.79 Å². The predicted octanol–water partition coefficient (Wildman–Crippen LogP) is 3.02. The monoisotopic (exact) mass is 319 g/mol. The summed E-state index contributed by atoms with van der Waals surface area (Å²) in [7, 11) is 3.11. The molecule has 124 valence electrons. The van der Waals surface area contributed by atoms with Crippen molar-refractivity contribution in [2.24, 2.45) is 0 Å². The third-order valence-electron chi connectivity index (χ3n) is 3.97. The molecule has 1 atom stereocenters. The summed E-state index contributed by atoms with van der Waals surface area (Å²) in [5.41, 5.74) is 1.05. The molecular formula is C16H21N3O4. The van der Waals surface area contributed by atoms with E-state index in [2.05, 4.69) is 0 Å². The quantitative estimate of drug-likeness (QED) is 0.617. The van der Waals surface area contributed by atoms with Gasteiger partial charge in [0.25, 0.3) is 5.70 Å². The maximum absolute atomic E-state index is 12.3. The summed E-state index contributed by atoms with van der Waals surface area (Å²) in [5.74, 6) is 0.709. The van der Waals surface area contributed by atoms with Gasteiger partial charge in [0.1, 0.15) is 5.75 Å². The van der Waals surface area contributed by atoms with Gasteiger partial charge < -0.3 is 9.64 Å². The molecule has 2 rings (SSSR count). The molecule has 0 saturated heterocycles. The van der Waals surface area contributed by atoms with Crippen molar-refractivity contribution in [2.45, 2.75) is 26.3 Å². The van der Waals surface area contributed by atoms with Gasteiger partial charge in [-0.05, 0) is 31.0 Å². The van der Waals surface area contributed by atoms with E-state index < -0.39 is 11.0 Å². The lowest BCUT2D eigenvalue weighted by atomic mass is 9.99. The predicted molar refractivity (Wildman–Crippen MR) is 85.6 cm³/mol. The lowest BCUT2D eigenvalue weighted by Crippen LogP contribution is -2.47. The van der Waals surface area contributed by atoms with Gasteiger partial charge in [0, 0.05) is 14.1 Å². The zero-order valence-electron chi connectivity index (χ0n) is 13.8. The number of carbonyl (C=O) groups is 1. The molecule has 0 aromatic heterocycles. The zero-order valence-corrected chi connectivity index (χ0v) is 13.8. The lowest BCUT2D eigenvalue weighted by Gasteiger charge is -2.36. The first-order valence-corrected chi connectivity index (χ1v) is 7.46. The second kappa shape index (κ2) is 6.68. The lowest BCUT2D eigenvalue weighted by molar-refractivity contribution is -0.436. The molecule has 1 aromatic rings. The van der Waals surface area contributed by atoms with Gasteiger partial charge in [0.05, 0.1) is 17.2 Å². The van der Waals surface area contributed by atoms with E-state index >= 15 is 0 Å². The number of rotatable bonds is 5. The number of carbonyl (C=O) groups excluding carboxylic acids is 1. The van der Waals surface area contributed by atoms with Crippen LogP contribution in [0.25, 0.3) is 0 Å². The van der Waals surface area contributed by atoms with Crippen LogP contribution in [-0.4, -0.2) is 41.5 Å². The van der Waals surface area contributed by atoms with Crippen LogP contribution in [0.4, 0.5) is 4.79 Å². The molecule has 2 amide bonds. The summed E-state index contributed by atoms with van der Waals surface area (Å²) in [6, 6.07) is 6.09. The molecule has 0 bridgehead atoms. The maximum atomic E-state index is 12.3. The van der Waals surface area contributed by atoms with E-state index in [9.17, 15) is 14.9 Å². The molecule has 0 fully saturated rings. The summed E-state index contributed by atoms with van der Waals surface area (Å²) in [5, 5.41) is 11.5. The van der Waals surface area contributed by atoms with Crippen LogP contribution < -0.4 is 4.74 Å². The molecule has 0 spiro atoms. The molecule has 7 nitrogen and oxygen atoms in total. The average molecular weight is 319 g/mol. The number of nitrogens with zero attached hydrogens (tertiary/aromatic N) is 3. The summed E-state index contributed by atoms with van der Waals surface area (Å²) < 4.78 is 5.52. The molecule has 1 heterocycles. The largest absolute Gasteiger partial charge is 0.494 e. The summed E-state index contributed by atoms with van der Waals surface area (Å²) in [6.45, 7) is 4.23. The number of allylic oxidation sites excluding steroid dienone is 1. The van der Waals surface area contributed by atoms with Gasteiger partial charge in [0.15, 0.2) is 6.04 Å². The highest BCUT2D eigenvalue weighted by Crippen LogP contribution is 2.36. The number of hydrogen-bond donors (Lipinski definition) is 0. The smallest absolute Gasteiger partial charge is 0.324 e. The van der Waals surface area contributed by atoms with Gasteiger partial charge in [-0.15, -0.1) is 0 Å². The second-order valence-electron chi connectivity index (χ2n) is 5.50. The van der Waals surface area contributed by atoms with E-state index in [4.69, 9.17) is 4.74 Å². The number of amides is 2. The Kier molecular flexibility index (Phi) is 4.88. The first-order valence-electron chi connectivity index (χ1n) is 7.46. The van der Waals surface area contributed by atoms with Gasteiger partial charge in [-0.2, -0.15) is 0 Å². The van der Waals surface area contributed by atoms with Gasteiger partial charge in [0.2, 0.25) is 0 Å². The highest BCUT2D eigenvalue weighted by atomic mass is 16.6. The Balaban J connectivity index is 2.42. The molecule has 1 unspecified atom stereocenters. The topological polar surface area (TPSA) is 75.9 Å². The summed E-state index contributed by atoms with van der Waals surface area (Å²) in [4.78, 5) is 26.0. The van der Waals surface area contributed by atoms with Crippen molar-refractivity contribution in [2.75, 3.05) is 20.7 Å². The van der Waals surface area contributed by atoms with E-state index in [1.54, 1.807) is 38.2 Å². The van der Waals surface area contributed by atoms with Crippen LogP contribution in [0.15, 0.2) is 35.7 Å². The van der Waals surface area contributed by atoms with Crippen molar-refractivity contribution in [1.82, 2.24) is 9.80 Å².